The number of nitrogens with two attached hydrogens (primary N) is 1. The average molecular weight is 339 g/mol. The molecule has 0 saturated carbocycles. The van der Waals surface area contributed by atoms with Gasteiger partial charge in [-0.25, -0.2) is 0 Å². The Labute approximate surface area is 141 Å². The maximum Gasteiger partial charge on any atom is 0.500 e. The van der Waals surface area contributed by atoms with Gasteiger partial charge in [0.25, 0.3) is 0 Å². The summed E-state index contributed by atoms with van der Waals surface area (Å²) < 4.78 is 16.4. The molecule has 0 aliphatic carbocycles. The summed E-state index contributed by atoms with van der Waals surface area (Å²) >= 11 is 0. The van der Waals surface area contributed by atoms with Gasteiger partial charge in [-0.05, 0) is 31.2 Å². The quantitative estimate of drug-likeness (QED) is 0.629. The van der Waals surface area contributed by atoms with Crippen LogP contribution in [-0.2, 0) is 13.3 Å². The molecule has 6 heteroatoms. The van der Waals surface area contributed by atoms with E-state index in [0.717, 1.165) is 19.0 Å². The number of rotatable bonds is 11. The summed E-state index contributed by atoms with van der Waals surface area (Å²) in [6, 6.07) is 11.3. The highest BCUT2D eigenvalue weighted by molar-refractivity contribution is 6.60. The fraction of sp³-hybridized carbons (Fsp3) is 0.529. The second kappa shape index (κ2) is 10.6. The largest absolute Gasteiger partial charge is 0.500 e. The molecule has 0 aliphatic heterocycles. The molecule has 1 aromatic rings. The lowest BCUT2D eigenvalue weighted by Crippen LogP contribution is -2.43. The second-order valence-corrected chi connectivity index (χ2v) is 8.54. The van der Waals surface area contributed by atoms with E-state index in [0.29, 0.717) is 6.54 Å². The van der Waals surface area contributed by atoms with E-state index in [9.17, 15) is 0 Å². The van der Waals surface area contributed by atoms with Crippen LogP contribution >= 0.6 is 0 Å². The van der Waals surface area contributed by atoms with Gasteiger partial charge in [-0.2, -0.15) is 0 Å². The summed E-state index contributed by atoms with van der Waals surface area (Å²) in [5.41, 5.74) is 7.01. The Morgan fingerprint density at radius 2 is 1.74 bits per heavy atom. The molecule has 0 heterocycles. The number of benzene rings is 1. The molecule has 0 aromatic heterocycles. The van der Waals surface area contributed by atoms with Gasteiger partial charge in [-0.1, -0.05) is 30.3 Å². The predicted molar refractivity (Wildman–Crippen MR) is 96.9 cm³/mol. The summed E-state index contributed by atoms with van der Waals surface area (Å²) in [5.74, 6) is 0. The van der Waals surface area contributed by atoms with Crippen molar-refractivity contribution < 1.29 is 13.3 Å². The van der Waals surface area contributed by atoms with E-state index in [4.69, 9.17) is 19.0 Å². The van der Waals surface area contributed by atoms with Gasteiger partial charge in [0.2, 0.25) is 0 Å². The highest BCUT2D eigenvalue weighted by Crippen LogP contribution is 2.16. The van der Waals surface area contributed by atoms with Gasteiger partial charge < -0.3 is 23.9 Å². The number of nitrogens with zero attached hydrogens (tertiary/aromatic N) is 1. The van der Waals surface area contributed by atoms with E-state index in [-0.39, 0.29) is 6.04 Å². The SMILES string of the molecule is CO[Si](CCCN(C=Cc1ccccc1)C(C)CN)(OC)OC. The van der Waals surface area contributed by atoms with Crippen LogP contribution in [0, 0.1) is 0 Å². The molecule has 1 atom stereocenters. The Hall–Kier alpha value is -1.18. The first-order valence-corrected chi connectivity index (χ1v) is 9.88. The summed E-state index contributed by atoms with van der Waals surface area (Å²) in [4.78, 5) is 2.26. The zero-order chi connectivity index (χ0) is 17.1. The van der Waals surface area contributed by atoms with Crippen molar-refractivity contribution >= 4 is 14.9 Å². The smallest absolute Gasteiger partial charge is 0.377 e. The molecule has 0 fully saturated rings. The molecule has 0 spiro atoms. The van der Waals surface area contributed by atoms with Crippen molar-refractivity contribution in [3.63, 3.8) is 0 Å². The van der Waals surface area contributed by atoms with Gasteiger partial charge in [0.15, 0.2) is 0 Å². The molecule has 2 N–H and O–H groups in total. The van der Waals surface area contributed by atoms with Crippen LogP contribution in [0.15, 0.2) is 36.5 Å². The minimum absolute atomic E-state index is 0.277. The fourth-order valence-corrected chi connectivity index (χ4v) is 4.06. The highest BCUT2D eigenvalue weighted by Gasteiger charge is 2.37. The molecule has 23 heavy (non-hydrogen) atoms. The molecular weight excluding hydrogens is 308 g/mol. The third kappa shape index (κ3) is 6.45. The molecule has 0 bridgehead atoms. The molecule has 0 aliphatic rings. The topological polar surface area (TPSA) is 57.0 Å². The number of hydrogen-bond acceptors (Lipinski definition) is 5. The van der Waals surface area contributed by atoms with Crippen molar-refractivity contribution in [2.75, 3.05) is 34.4 Å². The van der Waals surface area contributed by atoms with Crippen LogP contribution in [0.4, 0.5) is 0 Å². The Balaban J connectivity index is 2.63. The van der Waals surface area contributed by atoms with E-state index < -0.39 is 8.80 Å². The van der Waals surface area contributed by atoms with Crippen molar-refractivity contribution in [3.8, 4) is 0 Å². The maximum absolute atomic E-state index is 5.84. The molecule has 1 aromatic carbocycles. The van der Waals surface area contributed by atoms with Crippen LogP contribution in [0.3, 0.4) is 0 Å². The molecule has 0 saturated heterocycles. The minimum atomic E-state index is -2.50. The fourth-order valence-electron chi connectivity index (χ4n) is 2.36. The minimum Gasteiger partial charge on any atom is -0.377 e. The lowest BCUT2D eigenvalue weighted by atomic mass is 10.2. The first kappa shape index (κ1) is 19.9. The predicted octanol–water partition coefficient (Wildman–Crippen LogP) is 2.57. The summed E-state index contributed by atoms with van der Waals surface area (Å²) in [7, 11) is 2.44. The average Bonchev–Trinajstić information content (AvgIpc) is 2.62. The highest BCUT2D eigenvalue weighted by atomic mass is 28.4. The number of hydrogen-bond donors (Lipinski definition) is 1. The third-order valence-electron chi connectivity index (χ3n) is 4.00. The molecule has 1 rings (SSSR count). The Morgan fingerprint density at radius 3 is 2.26 bits per heavy atom. The van der Waals surface area contributed by atoms with Crippen LogP contribution in [0.2, 0.25) is 6.04 Å². The van der Waals surface area contributed by atoms with Gasteiger partial charge in [0.1, 0.15) is 0 Å². The first-order valence-electron chi connectivity index (χ1n) is 7.95. The van der Waals surface area contributed by atoms with Crippen LogP contribution in [0.5, 0.6) is 0 Å². The summed E-state index contributed by atoms with van der Waals surface area (Å²) in [6.07, 6.45) is 5.15. The van der Waals surface area contributed by atoms with Gasteiger partial charge in [-0.15, -0.1) is 0 Å². The lowest BCUT2D eigenvalue weighted by molar-refractivity contribution is 0.121. The Morgan fingerprint density at radius 1 is 1.13 bits per heavy atom. The summed E-state index contributed by atoms with van der Waals surface area (Å²) in [5, 5.41) is 0. The standard InChI is InChI=1S/C17H30N2O3Si/c1-16(15-18)19(13-11-17-9-6-5-7-10-17)12-8-14-23(20-2,21-3)22-4/h5-7,9-11,13,16H,8,12,14-15,18H2,1-4H3. The Bertz CT molecular complexity index is 444. The molecular formula is C17H30N2O3Si. The molecule has 130 valence electrons. The van der Waals surface area contributed by atoms with Gasteiger partial charge >= 0.3 is 8.80 Å². The molecule has 0 radical (unpaired) electrons. The van der Waals surface area contributed by atoms with E-state index >= 15 is 0 Å². The maximum atomic E-state index is 5.84. The van der Waals surface area contributed by atoms with E-state index in [1.165, 1.54) is 5.56 Å². The van der Waals surface area contributed by atoms with Gasteiger partial charge in [0, 0.05) is 46.5 Å². The lowest BCUT2D eigenvalue weighted by Gasteiger charge is -2.29. The van der Waals surface area contributed by atoms with Crippen LogP contribution in [0.25, 0.3) is 6.08 Å². The van der Waals surface area contributed by atoms with Crippen LogP contribution < -0.4 is 5.73 Å². The van der Waals surface area contributed by atoms with E-state index in [2.05, 4.69) is 36.2 Å². The van der Waals surface area contributed by atoms with Crippen molar-refractivity contribution in [1.82, 2.24) is 4.90 Å². The van der Waals surface area contributed by atoms with Crippen LogP contribution in [0.1, 0.15) is 18.9 Å². The molecule has 1 unspecified atom stereocenters. The summed E-state index contributed by atoms with van der Waals surface area (Å²) in [6.45, 7) is 3.62. The Kier molecular flexibility index (Phi) is 9.12. The normalized spacial score (nSPS) is 13.4. The molecule has 5 nitrogen and oxygen atoms in total. The van der Waals surface area contributed by atoms with Crippen molar-refractivity contribution in [2.45, 2.75) is 25.4 Å². The van der Waals surface area contributed by atoms with Crippen molar-refractivity contribution in [1.29, 1.82) is 0 Å². The third-order valence-corrected chi connectivity index (χ3v) is 6.83. The zero-order valence-corrected chi connectivity index (χ0v) is 15.7. The van der Waals surface area contributed by atoms with Gasteiger partial charge in [-0.3, -0.25) is 0 Å². The van der Waals surface area contributed by atoms with Crippen molar-refractivity contribution in [2.24, 2.45) is 5.73 Å². The monoisotopic (exact) mass is 338 g/mol. The van der Waals surface area contributed by atoms with Gasteiger partial charge in [0.05, 0.1) is 0 Å². The second-order valence-electron chi connectivity index (χ2n) is 5.45. The molecule has 0 amide bonds. The van der Waals surface area contributed by atoms with E-state index in [1.807, 2.05) is 18.2 Å². The zero-order valence-electron chi connectivity index (χ0n) is 14.7. The van der Waals surface area contributed by atoms with Crippen molar-refractivity contribution in [3.05, 3.63) is 42.1 Å². The van der Waals surface area contributed by atoms with Crippen LogP contribution in [-0.4, -0.2) is 54.2 Å². The first-order chi connectivity index (χ1) is 11.1. The van der Waals surface area contributed by atoms with E-state index in [1.54, 1.807) is 21.3 Å².